The number of non-ortho nitro benzene ring substituents is 1. The van der Waals surface area contributed by atoms with Crippen LogP contribution in [0.2, 0.25) is 0 Å². The van der Waals surface area contributed by atoms with Gasteiger partial charge in [0.15, 0.2) is 5.41 Å². The predicted octanol–water partition coefficient (Wildman–Crippen LogP) is 2.23. The monoisotopic (exact) mass is 388 g/mol. The van der Waals surface area contributed by atoms with Crippen molar-refractivity contribution in [2.75, 3.05) is 11.9 Å². The van der Waals surface area contributed by atoms with Gasteiger partial charge in [-0.3, -0.25) is 29.9 Å². The zero-order valence-electron chi connectivity index (χ0n) is 16.4. The van der Waals surface area contributed by atoms with E-state index in [9.17, 15) is 24.5 Å². The van der Waals surface area contributed by atoms with E-state index in [2.05, 4.69) is 5.32 Å². The third-order valence-electron chi connectivity index (χ3n) is 5.68. The Labute approximate surface area is 162 Å². The van der Waals surface area contributed by atoms with Crippen molar-refractivity contribution in [3.05, 3.63) is 33.9 Å². The highest BCUT2D eigenvalue weighted by molar-refractivity contribution is 6.20. The Balaban J connectivity index is 2.20. The number of hydrogen-bond acceptors (Lipinski definition) is 6. The molecule has 150 valence electrons. The fourth-order valence-electron chi connectivity index (χ4n) is 4.39. The number of amides is 4. The van der Waals surface area contributed by atoms with E-state index in [1.165, 1.54) is 12.1 Å². The molecule has 2 aliphatic heterocycles. The molecular weight excluding hydrogens is 364 g/mol. The first-order valence-corrected chi connectivity index (χ1v) is 9.34. The van der Waals surface area contributed by atoms with Gasteiger partial charge in [0.2, 0.25) is 11.8 Å². The van der Waals surface area contributed by atoms with E-state index in [-0.39, 0.29) is 12.1 Å². The Kier molecular flexibility index (Phi) is 4.86. The average Bonchev–Trinajstić information content (AvgIpc) is 2.62. The standard InChI is InChI=1S/C19H24N4O5/c1-5-6-15-19(16(24)20-18(26)22(11(2)3)17(19)25)10-12-9-13(23(27)28)7-8-14(12)21(15)4/h7-9,11,15H,5-6,10H2,1-4H3,(H,20,24,26)/t15-,19-/m1/s1. The summed E-state index contributed by atoms with van der Waals surface area (Å²) in [5, 5.41) is 13.6. The highest BCUT2D eigenvalue weighted by atomic mass is 16.6. The van der Waals surface area contributed by atoms with Crippen molar-refractivity contribution in [1.82, 2.24) is 10.2 Å². The van der Waals surface area contributed by atoms with E-state index in [1.807, 2.05) is 11.8 Å². The first kappa shape index (κ1) is 19.8. The van der Waals surface area contributed by atoms with E-state index < -0.39 is 40.3 Å². The molecule has 1 aromatic rings. The molecule has 9 heteroatoms. The average molecular weight is 388 g/mol. The number of nitro groups is 1. The van der Waals surface area contributed by atoms with Crippen molar-refractivity contribution >= 4 is 29.2 Å². The van der Waals surface area contributed by atoms with E-state index in [0.29, 0.717) is 12.0 Å². The first-order chi connectivity index (χ1) is 13.1. The SMILES string of the molecule is CCC[C@H]1N(C)c2ccc([N+](=O)[O-])cc2C[C@]12C(=O)NC(=O)N(C(C)C)C2=O. The van der Waals surface area contributed by atoms with Gasteiger partial charge in [-0.15, -0.1) is 0 Å². The summed E-state index contributed by atoms with van der Waals surface area (Å²) in [5.41, 5.74) is -0.309. The van der Waals surface area contributed by atoms with E-state index >= 15 is 0 Å². The van der Waals surface area contributed by atoms with Crippen LogP contribution in [0.5, 0.6) is 0 Å². The summed E-state index contributed by atoms with van der Waals surface area (Å²) in [6.07, 6.45) is 1.31. The fraction of sp³-hybridized carbons (Fsp3) is 0.526. The lowest BCUT2D eigenvalue weighted by Crippen LogP contribution is -2.72. The molecule has 2 atom stereocenters. The van der Waals surface area contributed by atoms with E-state index in [4.69, 9.17) is 0 Å². The summed E-state index contributed by atoms with van der Waals surface area (Å²) >= 11 is 0. The van der Waals surface area contributed by atoms with Crippen LogP contribution in [0, 0.1) is 15.5 Å². The summed E-state index contributed by atoms with van der Waals surface area (Å²) in [6.45, 7) is 5.38. The topological polar surface area (TPSA) is 113 Å². The van der Waals surface area contributed by atoms with Crippen molar-refractivity contribution in [2.24, 2.45) is 5.41 Å². The summed E-state index contributed by atoms with van der Waals surface area (Å²) in [5.74, 6) is -1.18. The zero-order valence-corrected chi connectivity index (χ0v) is 16.4. The highest BCUT2D eigenvalue weighted by Gasteiger charge is 2.61. The van der Waals surface area contributed by atoms with E-state index in [1.54, 1.807) is 27.0 Å². The number of rotatable bonds is 4. The van der Waals surface area contributed by atoms with Crippen LogP contribution >= 0.6 is 0 Å². The number of hydrogen-bond donors (Lipinski definition) is 1. The number of carbonyl (C=O) groups is 3. The fourth-order valence-corrected chi connectivity index (χ4v) is 4.39. The lowest BCUT2D eigenvalue weighted by molar-refractivity contribution is -0.384. The van der Waals surface area contributed by atoms with Crippen LogP contribution in [0.3, 0.4) is 0 Å². The molecule has 2 heterocycles. The number of nitrogens with one attached hydrogen (secondary N) is 1. The molecule has 0 saturated carbocycles. The molecule has 1 fully saturated rings. The maximum atomic E-state index is 13.5. The highest BCUT2D eigenvalue weighted by Crippen LogP contribution is 2.46. The largest absolute Gasteiger partial charge is 0.370 e. The van der Waals surface area contributed by atoms with Crippen molar-refractivity contribution in [3.63, 3.8) is 0 Å². The van der Waals surface area contributed by atoms with Gasteiger partial charge in [0, 0.05) is 37.3 Å². The van der Waals surface area contributed by atoms with Crippen molar-refractivity contribution in [3.8, 4) is 0 Å². The second-order valence-electron chi connectivity index (χ2n) is 7.66. The molecule has 0 radical (unpaired) electrons. The van der Waals surface area contributed by atoms with Crippen LogP contribution in [0.25, 0.3) is 0 Å². The minimum Gasteiger partial charge on any atom is -0.370 e. The maximum absolute atomic E-state index is 13.5. The second kappa shape index (κ2) is 6.88. The van der Waals surface area contributed by atoms with Gasteiger partial charge in [-0.1, -0.05) is 13.3 Å². The summed E-state index contributed by atoms with van der Waals surface area (Å²) < 4.78 is 0. The van der Waals surface area contributed by atoms with Gasteiger partial charge in [0.25, 0.3) is 5.69 Å². The Morgan fingerprint density at radius 2 is 2.00 bits per heavy atom. The predicted molar refractivity (Wildman–Crippen MR) is 102 cm³/mol. The Morgan fingerprint density at radius 3 is 2.57 bits per heavy atom. The van der Waals surface area contributed by atoms with Crippen LogP contribution in [0.15, 0.2) is 18.2 Å². The lowest BCUT2D eigenvalue weighted by Gasteiger charge is -2.51. The molecule has 28 heavy (non-hydrogen) atoms. The van der Waals surface area contributed by atoms with Crippen LogP contribution < -0.4 is 10.2 Å². The van der Waals surface area contributed by atoms with Gasteiger partial charge in [-0.2, -0.15) is 0 Å². The third kappa shape index (κ3) is 2.73. The molecule has 3 rings (SSSR count). The normalized spacial score (nSPS) is 24.6. The second-order valence-corrected chi connectivity index (χ2v) is 7.66. The molecule has 9 nitrogen and oxygen atoms in total. The number of barbiturate groups is 1. The number of imide groups is 2. The maximum Gasteiger partial charge on any atom is 0.331 e. The number of nitro benzene ring substituents is 1. The summed E-state index contributed by atoms with van der Waals surface area (Å²) in [7, 11) is 1.78. The van der Waals surface area contributed by atoms with Crippen LogP contribution in [0.4, 0.5) is 16.2 Å². The summed E-state index contributed by atoms with van der Waals surface area (Å²) in [6, 6.07) is 2.87. The van der Waals surface area contributed by atoms with Gasteiger partial charge < -0.3 is 4.90 Å². The number of anilines is 1. The molecule has 1 N–H and O–H groups in total. The smallest absolute Gasteiger partial charge is 0.331 e. The first-order valence-electron chi connectivity index (χ1n) is 9.34. The molecule has 0 unspecified atom stereocenters. The van der Waals surface area contributed by atoms with Crippen molar-refractivity contribution in [2.45, 2.75) is 52.1 Å². The molecule has 1 aromatic carbocycles. The van der Waals surface area contributed by atoms with Crippen molar-refractivity contribution < 1.29 is 19.3 Å². The van der Waals surface area contributed by atoms with Crippen LogP contribution in [0.1, 0.15) is 39.2 Å². The molecule has 2 aliphatic rings. The number of carbonyl (C=O) groups excluding carboxylic acids is 3. The number of nitrogens with zero attached hydrogens (tertiary/aromatic N) is 3. The lowest BCUT2D eigenvalue weighted by atomic mass is 9.67. The van der Waals surface area contributed by atoms with Crippen LogP contribution in [-0.4, -0.2) is 46.8 Å². The van der Waals surface area contributed by atoms with Gasteiger partial charge >= 0.3 is 6.03 Å². The minimum atomic E-state index is -1.51. The zero-order chi connectivity index (χ0) is 20.8. The van der Waals surface area contributed by atoms with Gasteiger partial charge in [0.05, 0.1) is 11.0 Å². The van der Waals surface area contributed by atoms with E-state index in [0.717, 1.165) is 17.0 Å². The van der Waals surface area contributed by atoms with Gasteiger partial charge in [-0.05, 0) is 31.9 Å². The number of benzene rings is 1. The molecular formula is C19H24N4O5. The van der Waals surface area contributed by atoms with Crippen LogP contribution in [-0.2, 0) is 16.0 Å². The Hall–Kier alpha value is -2.97. The minimum absolute atomic E-state index is 0.0141. The number of urea groups is 1. The van der Waals surface area contributed by atoms with Crippen molar-refractivity contribution in [1.29, 1.82) is 0 Å². The molecule has 1 spiro atoms. The molecule has 4 amide bonds. The van der Waals surface area contributed by atoms with Gasteiger partial charge in [0.1, 0.15) is 0 Å². The van der Waals surface area contributed by atoms with Gasteiger partial charge in [-0.25, -0.2) is 4.79 Å². The molecule has 0 bridgehead atoms. The number of fused-ring (bicyclic) bond motifs is 1. The Bertz CT molecular complexity index is 868. The molecule has 1 saturated heterocycles. The summed E-state index contributed by atoms with van der Waals surface area (Å²) in [4.78, 5) is 52.5. The quantitative estimate of drug-likeness (QED) is 0.481. The molecule has 0 aromatic heterocycles. The Morgan fingerprint density at radius 1 is 1.32 bits per heavy atom. The third-order valence-corrected chi connectivity index (χ3v) is 5.68. The molecule has 0 aliphatic carbocycles.